The Balaban J connectivity index is 2.26. The minimum Gasteiger partial charge on any atom is -0.494 e. The summed E-state index contributed by atoms with van der Waals surface area (Å²) in [6.07, 6.45) is 1.12. The van der Waals surface area contributed by atoms with E-state index >= 15 is 0 Å². The summed E-state index contributed by atoms with van der Waals surface area (Å²) in [6, 6.07) is 15.1. The Morgan fingerprint density at radius 2 is 1.67 bits per heavy atom. The van der Waals surface area contributed by atoms with Crippen molar-refractivity contribution in [1.82, 2.24) is 0 Å². The normalized spacial score (nSPS) is 10.9. The summed E-state index contributed by atoms with van der Waals surface area (Å²) in [7, 11) is 0. The number of benzene rings is 2. The Kier molecular flexibility index (Phi) is 5.40. The molecule has 0 saturated heterocycles. The predicted molar refractivity (Wildman–Crippen MR) is 89.5 cm³/mol. The maximum absolute atomic E-state index is 5.76. The minimum absolute atomic E-state index is 0.503. The van der Waals surface area contributed by atoms with E-state index < -0.39 is 0 Å². The SMILES string of the molecule is CCOc1cc(-c2ccc(CC(C)C)cc2)ccc1CN. The molecule has 2 rings (SSSR count). The molecule has 0 aliphatic rings. The van der Waals surface area contributed by atoms with Crippen LogP contribution in [0.25, 0.3) is 11.1 Å². The molecule has 0 aliphatic heterocycles. The Morgan fingerprint density at radius 1 is 1.00 bits per heavy atom. The highest BCUT2D eigenvalue weighted by atomic mass is 16.5. The topological polar surface area (TPSA) is 35.2 Å². The first-order chi connectivity index (χ1) is 10.1. The van der Waals surface area contributed by atoms with Crippen LogP contribution in [0.4, 0.5) is 0 Å². The first kappa shape index (κ1) is 15.6. The molecule has 0 fully saturated rings. The van der Waals surface area contributed by atoms with Gasteiger partial charge in [0.15, 0.2) is 0 Å². The van der Waals surface area contributed by atoms with Gasteiger partial charge in [-0.2, -0.15) is 0 Å². The van der Waals surface area contributed by atoms with Crippen molar-refractivity contribution in [3.05, 3.63) is 53.6 Å². The molecule has 0 radical (unpaired) electrons. The molecule has 2 N–H and O–H groups in total. The molecule has 0 amide bonds. The van der Waals surface area contributed by atoms with Gasteiger partial charge in [-0.05, 0) is 42.0 Å². The smallest absolute Gasteiger partial charge is 0.124 e. The lowest BCUT2D eigenvalue weighted by Gasteiger charge is -2.12. The molecule has 2 aromatic rings. The van der Waals surface area contributed by atoms with Crippen LogP contribution in [0, 0.1) is 5.92 Å². The van der Waals surface area contributed by atoms with Gasteiger partial charge in [0.2, 0.25) is 0 Å². The van der Waals surface area contributed by atoms with Crippen molar-refractivity contribution in [2.45, 2.75) is 33.7 Å². The zero-order valence-corrected chi connectivity index (χ0v) is 13.2. The predicted octanol–water partition coefficient (Wildman–Crippen LogP) is 4.41. The zero-order chi connectivity index (χ0) is 15.2. The maximum atomic E-state index is 5.76. The maximum Gasteiger partial charge on any atom is 0.124 e. The fourth-order valence-electron chi connectivity index (χ4n) is 2.50. The first-order valence-corrected chi connectivity index (χ1v) is 7.69. The minimum atomic E-state index is 0.503. The van der Waals surface area contributed by atoms with Crippen molar-refractivity contribution >= 4 is 0 Å². The summed E-state index contributed by atoms with van der Waals surface area (Å²) >= 11 is 0. The van der Waals surface area contributed by atoms with Gasteiger partial charge in [0.1, 0.15) is 5.75 Å². The Labute approximate surface area is 127 Å². The van der Waals surface area contributed by atoms with Crippen LogP contribution >= 0.6 is 0 Å². The highest BCUT2D eigenvalue weighted by Gasteiger charge is 2.06. The van der Waals surface area contributed by atoms with E-state index in [2.05, 4.69) is 56.3 Å². The van der Waals surface area contributed by atoms with E-state index in [9.17, 15) is 0 Å². The van der Waals surface area contributed by atoms with Crippen LogP contribution < -0.4 is 10.5 Å². The zero-order valence-electron chi connectivity index (χ0n) is 13.2. The number of nitrogens with two attached hydrogens (primary N) is 1. The van der Waals surface area contributed by atoms with Crippen LogP contribution in [0.2, 0.25) is 0 Å². The second-order valence-corrected chi connectivity index (χ2v) is 5.75. The van der Waals surface area contributed by atoms with E-state index in [0.717, 1.165) is 17.7 Å². The fourth-order valence-corrected chi connectivity index (χ4v) is 2.50. The van der Waals surface area contributed by atoms with Gasteiger partial charge in [-0.3, -0.25) is 0 Å². The van der Waals surface area contributed by atoms with Crippen molar-refractivity contribution in [1.29, 1.82) is 0 Å². The Hall–Kier alpha value is -1.80. The summed E-state index contributed by atoms with van der Waals surface area (Å²) in [4.78, 5) is 0. The second-order valence-electron chi connectivity index (χ2n) is 5.75. The van der Waals surface area contributed by atoms with Crippen LogP contribution in [-0.2, 0) is 13.0 Å². The molecule has 0 aliphatic carbocycles. The van der Waals surface area contributed by atoms with Crippen molar-refractivity contribution in [3.8, 4) is 16.9 Å². The van der Waals surface area contributed by atoms with Crippen molar-refractivity contribution in [2.75, 3.05) is 6.61 Å². The van der Waals surface area contributed by atoms with Gasteiger partial charge >= 0.3 is 0 Å². The Morgan fingerprint density at radius 3 is 2.24 bits per heavy atom. The molecule has 2 aromatic carbocycles. The van der Waals surface area contributed by atoms with E-state index in [0.29, 0.717) is 19.1 Å². The van der Waals surface area contributed by atoms with Gasteiger partial charge in [0, 0.05) is 12.1 Å². The molecule has 2 nitrogen and oxygen atoms in total. The molecule has 0 heterocycles. The molecule has 0 atom stereocenters. The standard InChI is InChI=1S/C19H25NO/c1-4-21-19-12-17(9-10-18(19)13-20)16-7-5-15(6-8-16)11-14(2)3/h5-10,12,14H,4,11,13,20H2,1-3H3. The molecule has 2 heteroatoms. The molecule has 0 bridgehead atoms. The monoisotopic (exact) mass is 283 g/mol. The molecular weight excluding hydrogens is 258 g/mol. The van der Waals surface area contributed by atoms with Crippen LogP contribution in [-0.4, -0.2) is 6.61 Å². The van der Waals surface area contributed by atoms with E-state index in [-0.39, 0.29) is 0 Å². The first-order valence-electron chi connectivity index (χ1n) is 7.69. The van der Waals surface area contributed by atoms with Gasteiger partial charge in [0.25, 0.3) is 0 Å². The average Bonchev–Trinajstić information content (AvgIpc) is 2.48. The third-order valence-corrected chi connectivity index (χ3v) is 3.52. The number of rotatable bonds is 6. The van der Waals surface area contributed by atoms with E-state index in [4.69, 9.17) is 10.5 Å². The molecule has 0 spiro atoms. The van der Waals surface area contributed by atoms with Crippen molar-refractivity contribution in [2.24, 2.45) is 11.7 Å². The van der Waals surface area contributed by atoms with E-state index in [1.807, 2.05) is 6.92 Å². The van der Waals surface area contributed by atoms with Crippen molar-refractivity contribution < 1.29 is 4.74 Å². The van der Waals surface area contributed by atoms with Crippen molar-refractivity contribution in [3.63, 3.8) is 0 Å². The van der Waals surface area contributed by atoms with Gasteiger partial charge in [-0.1, -0.05) is 50.2 Å². The number of hydrogen-bond acceptors (Lipinski definition) is 2. The summed E-state index contributed by atoms with van der Waals surface area (Å²) in [5, 5.41) is 0. The van der Waals surface area contributed by atoms with Crippen LogP contribution in [0.1, 0.15) is 31.9 Å². The van der Waals surface area contributed by atoms with E-state index in [1.54, 1.807) is 0 Å². The number of hydrogen-bond donors (Lipinski definition) is 1. The molecule has 21 heavy (non-hydrogen) atoms. The molecule has 112 valence electrons. The highest BCUT2D eigenvalue weighted by molar-refractivity contribution is 5.66. The third kappa shape index (κ3) is 4.08. The second kappa shape index (κ2) is 7.28. The van der Waals surface area contributed by atoms with Gasteiger partial charge in [-0.25, -0.2) is 0 Å². The molecular formula is C19H25NO. The van der Waals surface area contributed by atoms with Crippen LogP contribution in [0.5, 0.6) is 5.75 Å². The van der Waals surface area contributed by atoms with Gasteiger partial charge in [0.05, 0.1) is 6.61 Å². The lowest BCUT2D eigenvalue weighted by molar-refractivity contribution is 0.337. The lowest BCUT2D eigenvalue weighted by Crippen LogP contribution is -2.02. The molecule has 0 aromatic heterocycles. The lowest BCUT2D eigenvalue weighted by atomic mass is 9.98. The van der Waals surface area contributed by atoms with Gasteiger partial charge < -0.3 is 10.5 Å². The average molecular weight is 283 g/mol. The van der Waals surface area contributed by atoms with Crippen LogP contribution in [0.3, 0.4) is 0 Å². The molecule has 0 unspecified atom stereocenters. The quantitative estimate of drug-likeness (QED) is 0.852. The van der Waals surface area contributed by atoms with E-state index in [1.165, 1.54) is 16.7 Å². The highest BCUT2D eigenvalue weighted by Crippen LogP contribution is 2.28. The fraction of sp³-hybridized carbons (Fsp3) is 0.368. The molecule has 0 saturated carbocycles. The summed E-state index contributed by atoms with van der Waals surface area (Å²) < 4.78 is 5.69. The number of ether oxygens (including phenoxy) is 1. The Bertz CT molecular complexity index is 573. The largest absolute Gasteiger partial charge is 0.494 e. The third-order valence-electron chi connectivity index (χ3n) is 3.52. The van der Waals surface area contributed by atoms with Gasteiger partial charge in [-0.15, -0.1) is 0 Å². The summed E-state index contributed by atoms with van der Waals surface area (Å²) in [6.45, 7) is 7.64. The summed E-state index contributed by atoms with van der Waals surface area (Å²) in [5.74, 6) is 1.58. The summed E-state index contributed by atoms with van der Waals surface area (Å²) in [5.41, 5.74) is 10.6. The van der Waals surface area contributed by atoms with Crippen LogP contribution in [0.15, 0.2) is 42.5 Å².